The van der Waals surface area contributed by atoms with Gasteiger partial charge in [0.05, 0.1) is 11.9 Å². The van der Waals surface area contributed by atoms with Crippen molar-refractivity contribution in [1.82, 2.24) is 10.2 Å². The van der Waals surface area contributed by atoms with Gasteiger partial charge in [0, 0.05) is 13.6 Å². The number of nitrogens with one attached hydrogen (secondary N) is 1. The largest absolute Gasteiger partial charge is 0.481 e. The standard InChI is InChI=1S/C17H29N3O4S/c1-6-16(17(21)18-12-7-13-19(2)3)24-15-10-8-14(9-11-15)20(4)25(5,22)23/h8-11,16H,6-7,12-13H2,1-5H3,(H,18,21)/t16-/m1/s1. The first-order valence-electron chi connectivity index (χ1n) is 8.28. The second kappa shape index (κ2) is 9.62. The number of hydrogen-bond donors (Lipinski definition) is 1. The summed E-state index contributed by atoms with van der Waals surface area (Å²) in [7, 11) is 2.16. The normalized spacial score (nSPS) is 12.7. The van der Waals surface area contributed by atoms with Crippen LogP contribution in [-0.2, 0) is 14.8 Å². The van der Waals surface area contributed by atoms with Crippen molar-refractivity contribution in [2.45, 2.75) is 25.9 Å². The molecule has 1 aromatic carbocycles. The van der Waals surface area contributed by atoms with Crippen molar-refractivity contribution < 1.29 is 17.9 Å². The van der Waals surface area contributed by atoms with Gasteiger partial charge >= 0.3 is 0 Å². The summed E-state index contributed by atoms with van der Waals surface area (Å²) in [6.07, 6.45) is 2.00. The third kappa shape index (κ3) is 7.31. The van der Waals surface area contributed by atoms with Crippen molar-refractivity contribution in [3.8, 4) is 5.75 Å². The van der Waals surface area contributed by atoms with Gasteiger partial charge in [0.15, 0.2) is 6.10 Å². The van der Waals surface area contributed by atoms with Gasteiger partial charge in [0.25, 0.3) is 5.91 Å². The highest BCUT2D eigenvalue weighted by atomic mass is 32.2. The molecule has 0 bridgehead atoms. The molecule has 1 rings (SSSR count). The zero-order valence-electron chi connectivity index (χ0n) is 15.7. The smallest absolute Gasteiger partial charge is 0.261 e. The molecule has 1 aromatic rings. The highest BCUT2D eigenvalue weighted by Crippen LogP contribution is 2.21. The Balaban J connectivity index is 2.61. The lowest BCUT2D eigenvalue weighted by molar-refractivity contribution is -0.128. The second-order valence-corrected chi connectivity index (χ2v) is 8.20. The van der Waals surface area contributed by atoms with E-state index in [2.05, 4.69) is 10.2 Å². The molecule has 0 saturated heterocycles. The van der Waals surface area contributed by atoms with Crippen LogP contribution < -0.4 is 14.4 Å². The number of nitrogens with zero attached hydrogens (tertiary/aromatic N) is 2. The lowest BCUT2D eigenvalue weighted by atomic mass is 10.2. The van der Waals surface area contributed by atoms with E-state index in [0.29, 0.717) is 24.4 Å². The van der Waals surface area contributed by atoms with Crippen LogP contribution in [0.15, 0.2) is 24.3 Å². The zero-order chi connectivity index (χ0) is 19.0. The summed E-state index contributed by atoms with van der Waals surface area (Å²) in [6, 6.07) is 6.63. The minimum atomic E-state index is -3.30. The molecule has 0 saturated carbocycles. The minimum absolute atomic E-state index is 0.140. The van der Waals surface area contributed by atoms with Gasteiger partial charge in [0.1, 0.15) is 5.75 Å². The Morgan fingerprint density at radius 1 is 1.20 bits per heavy atom. The van der Waals surface area contributed by atoms with Crippen molar-refractivity contribution >= 4 is 21.6 Å². The molecular formula is C17H29N3O4S. The zero-order valence-corrected chi connectivity index (χ0v) is 16.5. The summed E-state index contributed by atoms with van der Waals surface area (Å²) in [5.41, 5.74) is 0.538. The predicted octanol–water partition coefficient (Wildman–Crippen LogP) is 1.31. The van der Waals surface area contributed by atoms with Crippen molar-refractivity contribution in [2.75, 3.05) is 44.8 Å². The Hall–Kier alpha value is -1.80. The first-order valence-corrected chi connectivity index (χ1v) is 10.1. The molecule has 0 radical (unpaired) electrons. The predicted molar refractivity (Wildman–Crippen MR) is 101 cm³/mol. The van der Waals surface area contributed by atoms with E-state index in [0.717, 1.165) is 19.2 Å². The van der Waals surface area contributed by atoms with Crippen LogP contribution in [0.5, 0.6) is 5.75 Å². The summed E-state index contributed by atoms with van der Waals surface area (Å²) in [6.45, 7) is 3.40. The quantitative estimate of drug-likeness (QED) is 0.628. The first-order chi connectivity index (χ1) is 11.6. The molecule has 0 unspecified atom stereocenters. The maximum Gasteiger partial charge on any atom is 0.261 e. The number of ether oxygens (including phenoxy) is 1. The number of carbonyl (C=O) groups excluding carboxylic acids is 1. The molecule has 142 valence electrons. The molecule has 1 atom stereocenters. The molecule has 0 heterocycles. The van der Waals surface area contributed by atoms with Gasteiger partial charge in [-0.05, 0) is 57.7 Å². The Bertz CT molecular complexity index is 644. The van der Waals surface area contributed by atoms with Crippen LogP contribution in [0.25, 0.3) is 0 Å². The van der Waals surface area contributed by atoms with Crippen molar-refractivity contribution in [1.29, 1.82) is 0 Å². The molecule has 0 aliphatic carbocycles. The van der Waals surface area contributed by atoms with Crippen LogP contribution in [0.3, 0.4) is 0 Å². The number of amides is 1. The molecular weight excluding hydrogens is 342 g/mol. The van der Waals surface area contributed by atoms with E-state index in [9.17, 15) is 13.2 Å². The average molecular weight is 372 g/mol. The molecule has 0 spiro atoms. The van der Waals surface area contributed by atoms with Crippen molar-refractivity contribution in [3.05, 3.63) is 24.3 Å². The van der Waals surface area contributed by atoms with Crippen LogP contribution in [0.2, 0.25) is 0 Å². The van der Waals surface area contributed by atoms with E-state index >= 15 is 0 Å². The lowest BCUT2D eigenvalue weighted by Gasteiger charge is -2.19. The topological polar surface area (TPSA) is 78.9 Å². The van der Waals surface area contributed by atoms with Gasteiger partial charge < -0.3 is 15.0 Å². The summed E-state index contributed by atoms with van der Waals surface area (Å²) < 4.78 is 30.0. The summed E-state index contributed by atoms with van der Waals surface area (Å²) in [4.78, 5) is 14.3. The maximum atomic E-state index is 12.2. The minimum Gasteiger partial charge on any atom is -0.481 e. The van der Waals surface area contributed by atoms with Gasteiger partial charge in [0.2, 0.25) is 10.0 Å². The third-order valence-electron chi connectivity index (χ3n) is 3.72. The second-order valence-electron chi connectivity index (χ2n) is 6.19. The van der Waals surface area contributed by atoms with Crippen LogP contribution in [0.1, 0.15) is 19.8 Å². The molecule has 1 N–H and O–H groups in total. The fourth-order valence-electron chi connectivity index (χ4n) is 2.13. The first kappa shape index (κ1) is 21.2. The van der Waals surface area contributed by atoms with E-state index in [1.165, 1.54) is 11.4 Å². The molecule has 0 aromatic heterocycles. The third-order valence-corrected chi connectivity index (χ3v) is 4.93. The van der Waals surface area contributed by atoms with Crippen LogP contribution in [0, 0.1) is 0 Å². The molecule has 0 fully saturated rings. The Morgan fingerprint density at radius 3 is 2.28 bits per heavy atom. The summed E-state index contributed by atoms with van der Waals surface area (Å²) in [5.74, 6) is 0.388. The molecule has 25 heavy (non-hydrogen) atoms. The average Bonchev–Trinajstić information content (AvgIpc) is 2.55. The van der Waals surface area contributed by atoms with Gasteiger partial charge in [-0.1, -0.05) is 6.92 Å². The van der Waals surface area contributed by atoms with E-state index in [1.807, 2.05) is 21.0 Å². The summed E-state index contributed by atoms with van der Waals surface area (Å²) in [5, 5.41) is 2.88. The van der Waals surface area contributed by atoms with E-state index < -0.39 is 16.1 Å². The molecule has 8 heteroatoms. The van der Waals surface area contributed by atoms with Crippen LogP contribution in [0.4, 0.5) is 5.69 Å². The highest BCUT2D eigenvalue weighted by molar-refractivity contribution is 7.92. The molecule has 0 aliphatic rings. The van der Waals surface area contributed by atoms with E-state index in [-0.39, 0.29) is 5.91 Å². The number of rotatable bonds is 10. The van der Waals surface area contributed by atoms with Gasteiger partial charge in [-0.15, -0.1) is 0 Å². The number of anilines is 1. The van der Waals surface area contributed by atoms with Gasteiger partial charge in [-0.2, -0.15) is 0 Å². The monoisotopic (exact) mass is 371 g/mol. The van der Waals surface area contributed by atoms with E-state index in [1.54, 1.807) is 24.3 Å². The van der Waals surface area contributed by atoms with Crippen molar-refractivity contribution in [3.63, 3.8) is 0 Å². The Labute approximate surface area is 151 Å². The maximum absolute atomic E-state index is 12.2. The number of hydrogen-bond acceptors (Lipinski definition) is 5. The number of benzene rings is 1. The summed E-state index contributed by atoms with van der Waals surface area (Å²) >= 11 is 0. The van der Waals surface area contributed by atoms with Gasteiger partial charge in [-0.3, -0.25) is 9.10 Å². The van der Waals surface area contributed by atoms with Crippen molar-refractivity contribution in [2.24, 2.45) is 0 Å². The lowest BCUT2D eigenvalue weighted by Crippen LogP contribution is -2.39. The fourth-order valence-corrected chi connectivity index (χ4v) is 2.64. The Kier molecular flexibility index (Phi) is 8.18. The van der Waals surface area contributed by atoms with Gasteiger partial charge in [-0.25, -0.2) is 8.42 Å². The van der Waals surface area contributed by atoms with Crippen LogP contribution in [-0.4, -0.2) is 65.8 Å². The van der Waals surface area contributed by atoms with Crippen LogP contribution >= 0.6 is 0 Å². The number of sulfonamides is 1. The highest BCUT2D eigenvalue weighted by Gasteiger charge is 2.18. The molecule has 7 nitrogen and oxygen atoms in total. The fraction of sp³-hybridized carbons (Fsp3) is 0.588. The number of carbonyl (C=O) groups is 1. The molecule has 1 amide bonds. The Morgan fingerprint density at radius 2 is 1.80 bits per heavy atom. The molecule has 0 aliphatic heterocycles. The SMILES string of the molecule is CC[C@@H](Oc1ccc(N(C)S(C)(=O)=O)cc1)C(=O)NCCCN(C)C. The van der Waals surface area contributed by atoms with E-state index in [4.69, 9.17) is 4.74 Å².